The van der Waals surface area contributed by atoms with Crippen LogP contribution in [0.3, 0.4) is 0 Å². The summed E-state index contributed by atoms with van der Waals surface area (Å²) in [6.45, 7) is 20.5. The van der Waals surface area contributed by atoms with Crippen LogP contribution < -0.4 is 20.4 Å². The Balaban J connectivity index is 1.52. The molecular formula is C42H68N4O8S2. The van der Waals surface area contributed by atoms with Crippen molar-refractivity contribution in [1.82, 2.24) is 0 Å². The maximum Gasteiger partial charge on any atom is 0.264 e. The molecule has 1 fully saturated rings. The first kappa shape index (κ1) is 44.5. The van der Waals surface area contributed by atoms with E-state index >= 15 is 0 Å². The molecule has 0 aromatic heterocycles. The lowest BCUT2D eigenvalue weighted by molar-refractivity contribution is -0.0781. The topological polar surface area (TPSA) is 180 Å². The fourth-order valence-electron chi connectivity index (χ4n) is 9.22. The van der Waals surface area contributed by atoms with Crippen LogP contribution in [0.1, 0.15) is 141 Å². The average Bonchev–Trinajstić information content (AvgIpc) is 3.40. The molecule has 12 nitrogen and oxygen atoms in total. The van der Waals surface area contributed by atoms with E-state index in [4.69, 9.17) is 0 Å². The predicted octanol–water partition coefficient (Wildman–Crippen LogP) is 7.02. The molecule has 56 heavy (non-hydrogen) atoms. The van der Waals surface area contributed by atoms with Crippen molar-refractivity contribution in [2.45, 2.75) is 154 Å². The second-order valence-electron chi connectivity index (χ2n) is 17.7. The quantitative estimate of drug-likeness (QED) is 0.0595. The Labute approximate surface area is 336 Å². The van der Waals surface area contributed by atoms with Crippen LogP contribution in [0.25, 0.3) is 0 Å². The third-order valence-electron chi connectivity index (χ3n) is 13.4. The van der Waals surface area contributed by atoms with Gasteiger partial charge in [0.2, 0.25) is 0 Å². The number of benzene rings is 2. The Hall–Kier alpha value is -2.62. The van der Waals surface area contributed by atoms with E-state index in [0.717, 1.165) is 72.5 Å². The van der Waals surface area contributed by atoms with Gasteiger partial charge < -0.3 is 30.6 Å². The molecule has 14 heteroatoms. The molecule has 0 radical (unpaired) electrons. The Kier molecular flexibility index (Phi) is 13.7. The van der Waals surface area contributed by atoms with Gasteiger partial charge in [0.05, 0.1) is 23.7 Å². The zero-order chi connectivity index (χ0) is 41.4. The van der Waals surface area contributed by atoms with Gasteiger partial charge in [0.15, 0.2) is 0 Å². The number of nitrogens with one attached hydrogen (secondary N) is 2. The number of nitrogens with zero attached hydrogens (tertiary/aromatic N) is 2. The summed E-state index contributed by atoms with van der Waals surface area (Å²) in [5.41, 5.74) is 7.46. The van der Waals surface area contributed by atoms with Crippen LogP contribution >= 0.6 is 0 Å². The predicted molar refractivity (Wildman–Crippen MR) is 228 cm³/mol. The number of hydrogen-bond donors (Lipinski definition) is 6. The van der Waals surface area contributed by atoms with E-state index in [1.54, 1.807) is 0 Å². The van der Waals surface area contributed by atoms with Crippen LogP contribution in [0, 0.1) is 0 Å². The van der Waals surface area contributed by atoms with Gasteiger partial charge in [-0.25, -0.2) is 0 Å². The number of fused-ring (bicyclic) bond motifs is 2. The van der Waals surface area contributed by atoms with Crippen molar-refractivity contribution in [2.24, 2.45) is 0 Å². The Morgan fingerprint density at radius 1 is 0.607 bits per heavy atom. The minimum Gasteiger partial charge on any atom is -0.392 e. The van der Waals surface area contributed by atoms with E-state index in [9.17, 15) is 36.2 Å². The van der Waals surface area contributed by atoms with Crippen LogP contribution in [0.4, 0.5) is 22.7 Å². The van der Waals surface area contributed by atoms with E-state index < -0.39 is 44.3 Å². The summed E-state index contributed by atoms with van der Waals surface area (Å²) >= 11 is 0. The Bertz CT molecular complexity index is 1910. The first-order chi connectivity index (χ1) is 26.2. The van der Waals surface area contributed by atoms with Crippen molar-refractivity contribution in [2.75, 3.05) is 58.1 Å². The van der Waals surface area contributed by atoms with Crippen molar-refractivity contribution < 1.29 is 36.2 Å². The van der Waals surface area contributed by atoms with Crippen molar-refractivity contribution in [3.05, 3.63) is 46.5 Å². The molecule has 2 aromatic carbocycles. The van der Waals surface area contributed by atoms with Crippen molar-refractivity contribution in [3.8, 4) is 0 Å². The van der Waals surface area contributed by atoms with Gasteiger partial charge >= 0.3 is 0 Å². The Morgan fingerprint density at radius 2 is 1.00 bits per heavy atom. The maximum absolute atomic E-state index is 12.3. The summed E-state index contributed by atoms with van der Waals surface area (Å²) in [5.74, 6) is -1.75. The number of unbranched alkanes of at least 4 members (excludes halogenated alkanes) is 4. The average molecular weight is 821 g/mol. The summed E-state index contributed by atoms with van der Waals surface area (Å²) in [6, 6.07) is 8.99. The smallest absolute Gasteiger partial charge is 0.264 e. The molecule has 3 aliphatic rings. The molecule has 5 rings (SSSR count). The molecule has 2 aromatic rings. The van der Waals surface area contributed by atoms with E-state index in [1.165, 1.54) is 11.3 Å². The van der Waals surface area contributed by atoms with Crippen molar-refractivity contribution >= 4 is 43.0 Å². The molecule has 316 valence electrons. The fourth-order valence-corrected chi connectivity index (χ4v) is 10.4. The molecule has 2 heterocycles. The van der Waals surface area contributed by atoms with Gasteiger partial charge in [-0.15, -0.1) is 0 Å². The largest absolute Gasteiger partial charge is 0.392 e. The second-order valence-corrected chi connectivity index (χ2v) is 20.8. The molecule has 1 saturated carbocycles. The van der Waals surface area contributed by atoms with Gasteiger partial charge in [-0.05, 0) is 86.8 Å². The van der Waals surface area contributed by atoms with Crippen molar-refractivity contribution in [1.29, 1.82) is 0 Å². The van der Waals surface area contributed by atoms with Crippen LogP contribution in [0.5, 0.6) is 0 Å². The van der Waals surface area contributed by atoms with Gasteiger partial charge in [0.25, 0.3) is 20.2 Å². The van der Waals surface area contributed by atoms with Gasteiger partial charge in [0, 0.05) is 83.7 Å². The highest BCUT2D eigenvalue weighted by atomic mass is 32.2. The standard InChI is InChI=1S/C42H68N4O8S2/c1-9-11-17-43-33-25-35-31(41(5,6)27(3)45(35)19-12-10-2)23-29(33)37-39(47)38(40(37)48)30-24-32-36(26-34(30)44-18-13-15-21-55(49,50)51)46(28(4)42(32,7)8)20-14-16-22-56(52,53)54/h23-28,37-40,43-44,47-48H,9-22H2,1-8H3,(H,49,50,51)(H,52,53,54). The molecule has 0 amide bonds. The van der Waals surface area contributed by atoms with Crippen LogP contribution in [-0.2, 0) is 31.1 Å². The van der Waals surface area contributed by atoms with Crippen LogP contribution in [0.15, 0.2) is 24.3 Å². The molecule has 6 N–H and O–H groups in total. The fraction of sp³-hybridized carbons (Fsp3) is 0.714. The first-order valence-corrected chi connectivity index (χ1v) is 24.0. The third-order valence-corrected chi connectivity index (χ3v) is 15.0. The molecule has 1 aliphatic carbocycles. The molecule has 0 saturated heterocycles. The molecule has 4 atom stereocenters. The van der Waals surface area contributed by atoms with Gasteiger partial charge in [-0.2, -0.15) is 16.8 Å². The molecule has 0 bridgehead atoms. The molecule has 2 aliphatic heterocycles. The van der Waals surface area contributed by atoms with Crippen LogP contribution in [0.2, 0.25) is 0 Å². The van der Waals surface area contributed by atoms with E-state index in [1.807, 2.05) is 0 Å². The highest BCUT2D eigenvalue weighted by Crippen LogP contribution is 2.57. The Morgan fingerprint density at radius 3 is 1.41 bits per heavy atom. The lowest BCUT2D eigenvalue weighted by Gasteiger charge is -2.48. The summed E-state index contributed by atoms with van der Waals surface area (Å²) in [4.78, 5) is 4.78. The van der Waals surface area contributed by atoms with Gasteiger partial charge in [-0.1, -0.05) is 66.5 Å². The highest BCUT2D eigenvalue weighted by Gasteiger charge is 2.54. The van der Waals surface area contributed by atoms with Gasteiger partial charge in [0.1, 0.15) is 0 Å². The summed E-state index contributed by atoms with van der Waals surface area (Å²) in [5, 5.41) is 31.7. The first-order valence-electron chi connectivity index (χ1n) is 20.8. The molecular weight excluding hydrogens is 753 g/mol. The van der Waals surface area contributed by atoms with E-state index in [0.29, 0.717) is 32.4 Å². The van der Waals surface area contributed by atoms with Crippen molar-refractivity contribution in [3.63, 3.8) is 0 Å². The number of hydrogen-bond acceptors (Lipinski definition) is 10. The molecule has 0 spiro atoms. The second kappa shape index (κ2) is 17.3. The monoisotopic (exact) mass is 820 g/mol. The third kappa shape index (κ3) is 9.15. The lowest BCUT2D eigenvalue weighted by Crippen LogP contribution is -2.52. The van der Waals surface area contributed by atoms with E-state index in [-0.39, 0.29) is 40.8 Å². The molecule has 4 unspecified atom stereocenters. The summed E-state index contributed by atoms with van der Waals surface area (Å²) in [7, 11) is -8.14. The number of anilines is 4. The zero-order valence-corrected chi connectivity index (χ0v) is 36.4. The summed E-state index contributed by atoms with van der Waals surface area (Å²) < 4.78 is 64.1. The lowest BCUT2D eigenvalue weighted by atomic mass is 9.61. The SMILES string of the molecule is CCCCNc1cc2c(cc1C1C(O)C(c3cc4c(cc3NCCCCS(=O)(=O)O)N(CCCCS(=O)(=O)O)C(C)C4(C)C)C1O)C(C)(C)C(C)N2CCCC. The highest BCUT2D eigenvalue weighted by molar-refractivity contribution is 7.86. The minimum absolute atomic E-state index is 0.0517. The number of aliphatic hydroxyl groups is 2. The normalized spacial score (nSPS) is 25.2. The summed E-state index contributed by atoms with van der Waals surface area (Å²) in [6.07, 6.45) is 4.09. The van der Waals surface area contributed by atoms with Crippen LogP contribution in [-0.4, -0.2) is 98.1 Å². The van der Waals surface area contributed by atoms with E-state index in [2.05, 4.69) is 100 Å². The maximum atomic E-state index is 12.3. The number of rotatable bonds is 20. The van der Waals surface area contributed by atoms with Gasteiger partial charge in [-0.3, -0.25) is 9.11 Å². The zero-order valence-electron chi connectivity index (χ0n) is 34.8. The number of aliphatic hydroxyl groups excluding tert-OH is 2. The minimum atomic E-state index is -4.08.